The summed E-state index contributed by atoms with van der Waals surface area (Å²) in [4.78, 5) is 16.0. The van der Waals surface area contributed by atoms with Crippen LogP contribution in [0.3, 0.4) is 0 Å². The maximum Gasteiger partial charge on any atom is 0.245 e. The summed E-state index contributed by atoms with van der Waals surface area (Å²) < 4.78 is 60.3. The van der Waals surface area contributed by atoms with E-state index < -0.39 is 27.0 Å². The third-order valence-electron chi connectivity index (χ3n) is 5.46. The first kappa shape index (κ1) is 25.0. The van der Waals surface area contributed by atoms with Gasteiger partial charge < -0.3 is 13.9 Å². The molecule has 15 heteroatoms. The Labute approximate surface area is 205 Å². The number of nitrogens with one attached hydrogen (secondary N) is 1. The van der Waals surface area contributed by atoms with E-state index in [2.05, 4.69) is 34.9 Å². The summed E-state index contributed by atoms with van der Waals surface area (Å²) in [6.07, 6.45) is 3.19. The molecule has 0 aliphatic carbocycles. The highest BCUT2D eigenvalue weighted by Gasteiger charge is 2.33. The molecule has 0 spiro atoms. The number of hydrogen-bond donors (Lipinski definition) is 1. The minimum atomic E-state index is -4.10. The molecule has 2 unspecified atom stereocenters. The molecule has 0 saturated carbocycles. The van der Waals surface area contributed by atoms with Crippen LogP contribution < -0.4 is 14.2 Å². The fourth-order valence-electron chi connectivity index (χ4n) is 3.37. The van der Waals surface area contributed by atoms with E-state index in [4.69, 9.17) is 13.9 Å². The third kappa shape index (κ3) is 4.68. The lowest BCUT2D eigenvalue weighted by Crippen LogP contribution is -2.31. The van der Waals surface area contributed by atoms with Crippen molar-refractivity contribution in [2.24, 2.45) is 0 Å². The maximum atomic E-state index is 13.4. The predicted octanol–water partition coefficient (Wildman–Crippen LogP) is 2.51. The Morgan fingerprint density at radius 3 is 2.22 bits per heavy atom. The number of anilines is 1. The molecule has 1 N–H and O–H groups in total. The van der Waals surface area contributed by atoms with Gasteiger partial charge in [0.25, 0.3) is 0 Å². The number of sulfonamides is 1. The number of rotatable bonds is 9. The van der Waals surface area contributed by atoms with E-state index in [1.165, 1.54) is 32.0 Å². The normalized spacial score (nSPS) is 13.3. The number of furan rings is 1. The Morgan fingerprint density at radius 1 is 1.03 bits per heavy atom. The molecule has 4 aromatic heterocycles. The second kappa shape index (κ2) is 9.85. The highest BCUT2D eigenvalue weighted by molar-refractivity contribution is 7.93. The summed E-state index contributed by atoms with van der Waals surface area (Å²) in [7, 11) is -1.32. The fraction of sp³-hybridized carbons (Fsp3) is 0.333. The highest BCUT2D eigenvalue weighted by atomic mass is 32.2. The van der Waals surface area contributed by atoms with Gasteiger partial charge in [0.1, 0.15) is 17.9 Å². The molecule has 0 aliphatic rings. The lowest BCUT2D eigenvalue weighted by Gasteiger charge is -2.20. The van der Waals surface area contributed by atoms with Crippen LogP contribution in [0, 0.1) is 12.7 Å². The average Bonchev–Trinajstić information content (AvgIpc) is 3.48. The SMILES string of the molecule is COc1ncnc(OC)c1-n1c(NS(=O)(=O)C(C)C(C)c2ncc(F)cn2)nnc1-c1ccc(C)o1. The fourth-order valence-corrected chi connectivity index (χ4v) is 4.60. The van der Waals surface area contributed by atoms with Crippen molar-refractivity contribution in [3.8, 4) is 29.0 Å². The van der Waals surface area contributed by atoms with Crippen LogP contribution >= 0.6 is 0 Å². The van der Waals surface area contributed by atoms with Gasteiger partial charge >= 0.3 is 0 Å². The van der Waals surface area contributed by atoms with Crippen molar-refractivity contribution in [2.75, 3.05) is 18.9 Å². The van der Waals surface area contributed by atoms with Crippen LogP contribution in [0.25, 0.3) is 17.3 Å². The van der Waals surface area contributed by atoms with Gasteiger partial charge in [-0.1, -0.05) is 6.92 Å². The monoisotopic (exact) mass is 518 g/mol. The van der Waals surface area contributed by atoms with Gasteiger partial charge in [-0.05, 0) is 26.0 Å². The van der Waals surface area contributed by atoms with Crippen LogP contribution in [-0.4, -0.2) is 62.6 Å². The van der Waals surface area contributed by atoms with Crippen LogP contribution in [0.1, 0.15) is 31.4 Å². The number of methoxy groups -OCH3 is 2. The molecule has 0 bridgehead atoms. The minimum absolute atomic E-state index is 0.0766. The number of nitrogens with zero attached hydrogens (tertiary/aromatic N) is 7. The van der Waals surface area contributed by atoms with Crippen LogP contribution in [0.2, 0.25) is 0 Å². The summed E-state index contributed by atoms with van der Waals surface area (Å²) in [5.74, 6) is -0.120. The van der Waals surface area contributed by atoms with Crippen molar-refractivity contribution in [1.82, 2.24) is 34.7 Å². The first-order valence-electron chi connectivity index (χ1n) is 10.6. The lowest BCUT2D eigenvalue weighted by atomic mass is 10.1. The molecule has 13 nitrogen and oxygen atoms in total. The van der Waals surface area contributed by atoms with Crippen molar-refractivity contribution in [3.63, 3.8) is 0 Å². The van der Waals surface area contributed by atoms with Gasteiger partial charge in [0.15, 0.2) is 17.3 Å². The molecule has 4 rings (SSSR count). The number of aryl methyl sites for hydroxylation is 1. The Bertz CT molecular complexity index is 1450. The van der Waals surface area contributed by atoms with Gasteiger partial charge in [0, 0.05) is 5.92 Å². The van der Waals surface area contributed by atoms with Gasteiger partial charge in [-0.3, -0.25) is 4.72 Å². The van der Waals surface area contributed by atoms with Gasteiger partial charge in [0.2, 0.25) is 33.6 Å². The summed E-state index contributed by atoms with van der Waals surface area (Å²) in [6.45, 7) is 4.85. The predicted molar refractivity (Wildman–Crippen MR) is 125 cm³/mol. The van der Waals surface area contributed by atoms with Crippen LogP contribution in [0.5, 0.6) is 11.8 Å². The van der Waals surface area contributed by atoms with Crippen LogP contribution in [0.4, 0.5) is 10.3 Å². The largest absolute Gasteiger partial charge is 0.479 e. The molecule has 36 heavy (non-hydrogen) atoms. The Hall–Kier alpha value is -4.14. The topological polar surface area (TPSA) is 160 Å². The van der Waals surface area contributed by atoms with E-state index in [1.54, 1.807) is 26.0 Å². The number of aromatic nitrogens is 7. The Kier molecular flexibility index (Phi) is 6.83. The molecule has 0 amide bonds. The van der Waals surface area contributed by atoms with Gasteiger partial charge in [-0.15, -0.1) is 10.2 Å². The molecule has 190 valence electrons. The van der Waals surface area contributed by atoms with Gasteiger partial charge in [-0.25, -0.2) is 27.3 Å². The molecule has 0 fully saturated rings. The molecule has 0 radical (unpaired) electrons. The maximum absolute atomic E-state index is 13.4. The van der Waals surface area contributed by atoms with E-state index in [9.17, 15) is 12.8 Å². The Balaban J connectivity index is 1.81. The number of hydrogen-bond acceptors (Lipinski definition) is 11. The van der Waals surface area contributed by atoms with Crippen LogP contribution in [-0.2, 0) is 10.0 Å². The van der Waals surface area contributed by atoms with Crippen molar-refractivity contribution in [3.05, 3.63) is 48.3 Å². The minimum Gasteiger partial charge on any atom is -0.479 e. The second-order valence-electron chi connectivity index (χ2n) is 7.73. The molecule has 0 saturated heterocycles. The molecule has 4 heterocycles. The zero-order valence-corrected chi connectivity index (χ0v) is 20.8. The molecule has 0 aromatic carbocycles. The lowest BCUT2D eigenvalue weighted by molar-refractivity contribution is 0.368. The summed E-state index contributed by atoms with van der Waals surface area (Å²) in [6, 6.07) is 3.38. The standard InChI is InChI=1S/C21H23FN8O5S/c1-11-6-7-15(35-11)18-27-28-21(30(18)16-19(33-4)25-10-26-20(16)34-5)29-36(31,32)13(3)12(2)17-23-8-14(22)9-24-17/h6-10,12-13H,1-5H3,(H,28,29). The smallest absolute Gasteiger partial charge is 0.245 e. The number of halogens is 1. The second-order valence-corrected chi connectivity index (χ2v) is 9.77. The van der Waals surface area contributed by atoms with Crippen molar-refractivity contribution >= 4 is 16.0 Å². The average molecular weight is 519 g/mol. The zero-order chi connectivity index (χ0) is 26.0. The molecular formula is C21H23FN8O5S. The van der Waals surface area contributed by atoms with Gasteiger partial charge in [0.05, 0.1) is 31.9 Å². The van der Waals surface area contributed by atoms with E-state index in [1.807, 2.05) is 0 Å². The molecule has 4 aromatic rings. The van der Waals surface area contributed by atoms with E-state index in [-0.39, 0.29) is 35.0 Å². The van der Waals surface area contributed by atoms with Crippen molar-refractivity contribution in [2.45, 2.75) is 31.9 Å². The van der Waals surface area contributed by atoms with Crippen molar-refractivity contribution < 1.29 is 26.7 Å². The highest BCUT2D eigenvalue weighted by Crippen LogP contribution is 2.36. The van der Waals surface area contributed by atoms with Crippen LogP contribution in [0.15, 0.2) is 35.3 Å². The molecule has 0 aliphatic heterocycles. The van der Waals surface area contributed by atoms with Gasteiger partial charge in [-0.2, -0.15) is 9.97 Å². The first-order valence-corrected chi connectivity index (χ1v) is 12.2. The quantitative estimate of drug-likeness (QED) is 0.347. The summed E-state index contributed by atoms with van der Waals surface area (Å²) in [5.41, 5.74) is 0.150. The van der Waals surface area contributed by atoms with E-state index in [0.29, 0.717) is 11.5 Å². The Morgan fingerprint density at radius 2 is 1.67 bits per heavy atom. The first-order chi connectivity index (χ1) is 17.2. The summed E-state index contributed by atoms with van der Waals surface area (Å²) >= 11 is 0. The van der Waals surface area contributed by atoms with E-state index in [0.717, 1.165) is 12.4 Å². The zero-order valence-electron chi connectivity index (χ0n) is 20.0. The van der Waals surface area contributed by atoms with Crippen molar-refractivity contribution in [1.29, 1.82) is 0 Å². The summed E-state index contributed by atoms with van der Waals surface area (Å²) in [5, 5.41) is 7.15. The van der Waals surface area contributed by atoms with E-state index >= 15 is 0 Å². The molecule has 2 atom stereocenters. The number of ether oxygens (including phenoxy) is 2. The molecular weight excluding hydrogens is 495 g/mol. The third-order valence-corrected chi connectivity index (χ3v) is 7.32.